The van der Waals surface area contributed by atoms with E-state index in [2.05, 4.69) is 20.7 Å². The summed E-state index contributed by atoms with van der Waals surface area (Å²) in [6.07, 6.45) is 2.43. The number of benzene rings is 1. The molecule has 140 valence electrons. The van der Waals surface area contributed by atoms with Gasteiger partial charge in [0.1, 0.15) is 0 Å². The van der Waals surface area contributed by atoms with Crippen molar-refractivity contribution in [1.82, 2.24) is 10.0 Å². The highest BCUT2D eigenvalue weighted by molar-refractivity contribution is 7.89. The molecule has 0 radical (unpaired) electrons. The van der Waals surface area contributed by atoms with Gasteiger partial charge >= 0.3 is 0 Å². The molecule has 1 fully saturated rings. The lowest BCUT2D eigenvalue weighted by Crippen LogP contribution is -2.30. The summed E-state index contributed by atoms with van der Waals surface area (Å²) in [7, 11) is -0.645. The third kappa shape index (κ3) is 6.28. The molecule has 0 spiro atoms. The number of hydrogen-bond donors (Lipinski definition) is 4. The van der Waals surface area contributed by atoms with Crippen molar-refractivity contribution < 1.29 is 17.9 Å². The molecule has 1 aromatic carbocycles. The van der Waals surface area contributed by atoms with Gasteiger partial charge in [0.25, 0.3) is 0 Å². The Hall–Kier alpha value is -1.68. The van der Waals surface area contributed by atoms with Crippen molar-refractivity contribution in [2.75, 3.05) is 51.0 Å². The molecule has 0 saturated heterocycles. The standard InChI is InChI=1S/C16H26N4O4S/c1-17-25(22,23)13-5-6-14(19-7-8-24-2)15(9-13)20-16(21)11-18-10-12-3-4-12/h5-6,9,12,17-19H,3-4,7-8,10-11H2,1-2H3,(H,20,21). The molecule has 1 aliphatic carbocycles. The van der Waals surface area contributed by atoms with Crippen LogP contribution in [0.4, 0.5) is 11.4 Å². The molecule has 1 saturated carbocycles. The lowest BCUT2D eigenvalue weighted by Gasteiger charge is -2.15. The first-order valence-corrected chi connectivity index (χ1v) is 9.75. The number of carbonyl (C=O) groups is 1. The van der Waals surface area contributed by atoms with Gasteiger partial charge in [-0.1, -0.05) is 0 Å². The molecule has 2 rings (SSSR count). The van der Waals surface area contributed by atoms with Crippen LogP contribution in [-0.2, 0) is 19.6 Å². The van der Waals surface area contributed by atoms with Crippen molar-refractivity contribution in [3.63, 3.8) is 0 Å². The predicted octanol–water partition coefficient (Wildman–Crippen LogP) is 0.591. The number of nitrogens with one attached hydrogen (secondary N) is 4. The van der Waals surface area contributed by atoms with Gasteiger partial charge in [-0.05, 0) is 50.6 Å². The molecule has 8 nitrogen and oxygen atoms in total. The molecule has 9 heteroatoms. The summed E-state index contributed by atoms with van der Waals surface area (Å²) in [5.74, 6) is 0.470. The highest BCUT2D eigenvalue weighted by Crippen LogP contribution is 2.27. The van der Waals surface area contributed by atoms with E-state index in [9.17, 15) is 13.2 Å². The summed E-state index contributed by atoms with van der Waals surface area (Å²) in [5, 5.41) is 9.01. The normalized spacial score (nSPS) is 14.3. The van der Waals surface area contributed by atoms with Crippen molar-refractivity contribution in [3.8, 4) is 0 Å². The van der Waals surface area contributed by atoms with Gasteiger partial charge in [0.15, 0.2) is 0 Å². The number of methoxy groups -OCH3 is 1. The second kappa shape index (κ2) is 9.14. The average Bonchev–Trinajstić information content (AvgIpc) is 3.40. The third-order valence-corrected chi connectivity index (χ3v) is 5.29. The molecule has 0 unspecified atom stereocenters. The van der Waals surface area contributed by atoms with Gasteiger partial charge in [0.05, 0.1) is 29.4 Å². The van der Waals surface area contributed by atoms with Gasteiger partial charge in [-0.25, -0.2) is 13.1 Å². The van der Waals surface area contributed by atoms with Crippen LogP contribution in [0.15, 0.2) is 23.1 Å². The summed E-state index contributed by atoms with van der Waals surface area (Å²) >= 11 is 0. The van der Waals surface area contributed by atoms with Crippen molar-refractivity contribution in [1.29, 1.82) is 0 Å². The number of amides is 1. The lowest BCUT2D eigenvalue weighted by molar-refractivity contribution is -0.115. The van der Waals surface area contributed by atoms with E-state index in [1.165, 1.54) is 32.0 Å². The van der Waals surface area contributed by atoms with Crippen LogP contribution in [0.3, 0.4) is 0 Å². The Kier molecular flexibility index (Phi) is 7.18. The third-order valence-electron chi connectivity index (χ3n) is 3.88. The number of rotatable bonds is 11. The zero-order chi connectivity index (χ0) is 18.3. The van der Waals surface area contributed by atoms with Gasteiger partial charge in [-0.3, -0.25) is 4.79 Å². The second-order valence-electron chi connectivity index (χ2n) is 5.96. The number of hydrogen-bond acceptors (Lipinski definition) is 6. The molecule has 0 heterocycles. The van der Waals surface area contributed by atoms with Crippen molar-refractivity contribution >= 4 is 27.3 Å². The van der Waals surface area contributed by atoms with Gasteiger partial charge in [0, 0.05) is 13.7 Å². The van der Waals surface area contributed by atoms with E-state index in [0.717, 1.165) is 6.54 Å². The van der Waals surface area contributed by atoms with Crippen LogP contribution in [0.25, 0.3) is 0 Å². The molecule has 0 bridgehead atoms. The molecule has 1 aliphatic rings. The Bertz CT molecular complexity index is 689. The summed E-state index contributed by atoms with van der Waals surface area (Å²) < 4.78 is 31.2. The van der Waals surface area contributed by atoms with Crippen LogP contribution < -0.4 is 20.7 Å². The largest absolute Gasteiger partial charge is 0.383 e. The van der Waals surface area contributed by atoms with E-state index in [-0.39, 0.29) is 17.3 Å². The van der Waals surface area contributed by atoms with Crippen molar-refractivity contribution in [2.24, 2.45) is 5.92 Å². The first-order valence-electron chi connectivity index (χ1n) is 8.27. The molecule has 25 heavy (non-hydrogen) atoms. The quantitative estimate of drug-likeness (QED) is 0.425. The Balaban J connectivity index is 2.08. The Morgan fingerprint density at radius 2 is 2.04 bits per heavy atom. The molecular formula is C16H26N4O4S. The summed E-state index contributed by atoms with van der Waals surface area (Å²) in [4.78, 5) is 12.2. The van der Waals surface area contributed by atoms with Crippen LogP contribution in [0.5, 0.6) is 0 Å². The maximum atomic E-state index is 12.1. The lowest BCUT2D eigenvalue weighted by atomic mass is 10.2. The summed E-state index contributed by atoms with van der Waals surface area (Å²) in [6, 6.07) is 4.56. The monoisotopic (exact) mass is 370 g/mol. The van der Waals surface area contributed by atoms with Crippen LogP contribution in [0, 0.1) is 5.92 Å². The van der Waals surface area contributed by atoms with Gasteiger partial charge < -0.3 is 20.7 Å². The van der Waals surface area contributed by atoms with Crippen LogP contribution in [0.1, 0.15) is 12.8 Å². The SMILES string of the molecule is CNS(=O)(=O)c1ccc(NCCOC)c(NC(=O)CNCC2CC2)c1. The fraction of sp³-hybridized carbons (Fsp3) is 0.562. The van der Waals surface area contributed by atoms with Crippen LogP contribution in [-0.4, -0.2) is 54.7 Å². The Labute approximate surface area is 148 Å². The topological polar surface area (TPSA) is 109 Å². The van der Waals surface area contributed by atoms with E-state index in [4.69, 9.17) is 4.74 Å². The minimum absolute atomic E-state index is 0.0912. The fourth-order valence-corrected chi connectivity index (χ4v) is 3.02. The maximum Gasteiger partial charge on any atom is 0.240 e. The first-order chi connectivity index (χ1) is 12.0. The molecule has 4 N–H and O–H groups in total. The molecule has 1 aromatic rings. The zero-order valence-corrected chi connectivity index (χ0v) is 15.4. The second-order valence-corrected chi connectivity index (χ2v) is 7.84. The predicted molar refractivity (Wildman–Crippen MR) is 97.3 cm³/mol. The Morgan fingerprint density at radius 3 is 2.68 bits per heavy atom. The minimum atomic E-state index is -3.59. The van der Waals surface area contributed by atoms with Gasteiger partial charge in [0.2, 0.25) is 15.9 Å². The Morgan fingerprint density at radius 1 is 1.28 bits per heavy atom. The molecule has 0 aliphatic heterocycles. The number of anilines is 2. The van der Waals surface area contributed by atoms with E-state index in [0.29, 0.717) is 30.4 Å². The highest BCUT2D eigenvalue weighted by Gasteiger charge is 2.21. The smallest absolute Gasteiger partial charge is 0.240 e. The van der Waals surface area contributed by atoms with E-state index in [1.54, 1.807) is 13.2 Å². The van der Waals surface area contributed by atoms with Crippen LogP contribution in [0.2, 0.25) is 0 Å². The van der Waals surface area contributed by atoms with Crippen LogP contribution >= 0.6 is 0 Å². The van der Waals surface area contributed by atoms with E-state index < -0.39 is 10.0 Å². The average molecular weight is 370 g/mol. The first kappa shape index (κ1) is 19.6. The number of carbonyl (C=O) groups excluding carboxylic acids is 1. The summed E-state index contributed by atoms with van der Waals surface area (Å²) in [5.41, 5.74) is 1.06. The number of ether oxygens (including phenoxy) is 1. The molecule has 0 atom stereocenters. The highest BCUT2D eigenvalue weighted by atomic mass is 32.2. The molecular weight excluding hydrogens is 344 g/mol. The van der Waals surface area contributed by atoms with Crippen molar-refractivity contribution in [3.05, 3.63) is 18.2 Å². The molecule has 1 amide bonds. The minimum Gasteiger partial charge on any atom is -0.383 e. The fourth-order valence-electron chi connectivity index (χ4n) is 2.26. The van der Waals surface area contributed by atoms with Crippen molar-refractivity contribution in [2.45, 2.75) is 17.7 Å². The maximum absolute atomic E-state index is 12.1. The molecule has 0 aromatic heterocycles. The summed E-state index contributed by atoms with van der Waals surface area (Å²) in [6.45, 7) is 2.06. The van der Waals surface area contributed by atoms with E-state index in [1.807, 2.05) is 0 Å². The number of sulfonamides is 1. The van der Waals surface area contributed by atoms with Gasteiger partial charge in [-0.2, -0.15) is 0 Å². The van der Waals surface area contributed by atoms with E-state index >= 15 is 0 Å². The zero-order valence-electron chi connectivity index (χ0n) is 14.6. The van der Waals surface area contributed by atoms with Gasteiger partial charge in [-0.15, -0.1) is 0 Å².